The van der Waals surface area contributed by atoms with Gasteiger partial charge in [-0.2, -0.15) is 0 Å². The van der Waals surface area contributed by atoms with Gasteiger partial charge in [0.05, 0.1) is 7.11 Å². The number of nitrogens with one attached hydrogen (secondary N) is 1. The van der Waals surface area contributed by atoms with Crippen LogP contribution in [0.2, 0.25) is 0 Å². The molecule has 0 bridgehead atoms. The molecule has 0 saturated heterocycles. The number of ether oxygens (including phenoxy) is 1. The van der Waals surface area contributed by atoms with Crippen molar-refractivity contribution in [2.24, 2.45) is 0 Å². The Hall–Kier alpha value is -0.660. The van der Waals surface area contributed by atoms with E-state index in [-0.39, 0.29) is 11.2 Å². The number of hydrogen-bond acceptors (Lipinski definition) is 7. The van der Waals surface area contributed by atoms with Gasteiger partial charge in [-0.3, -0.25) is 4.79 Å². The van der Waals surface area contributed by atoms with Crippen LogP contribution in [-0.2, 0) is 9.53 Å². The van der Waals surface area contributed by atoms with Crippen molar-refractivity contribution in [3.8, 4) is 0 Å². The second-order valence-corrected chi connectivity index (χ2v) is 6.71. The van der Waals surface area contributed by atoms with E-state index in [2.05, 4.69) is 22.4 Å². The normalized spacial score (nSPS) is 16.0. The van der Waals surface area contributed by atoms with E-state index >= 15 is 0 Å². The van der Waals surface area contributed by atoms with E-state index in [1.165, 1.54) is 18.4 Å². The Morgan fingerprint density at radius 1 is 1.72 bits per heavy atom. The molecule has 0 spiro atoms. The van der Waals surface area contributed by atoms with Crippen LogP contribution in [-0.4, -0.2) is 40.6 Å². The van der Waals surface area contributed by atoms with Gasteiger partial charge in [0.25, 0.3) is 0 Å². The standard InChI is InChI=1S/C11H19N3O2S2/c1-5-12-11(3,9(15)16-4)6-8(2)18-10-14-13-7-17-10/h7-8,12H,5-6H2,1-4H3. The third kappa shape index (κ3) is 4.22. The van der Waals surface area contributed by atoms with Crippen molar-refractivity contribution in [2.45, 2.75) is 42.3 Å². The number of nitrogens with zero attached hydrogens (tertiary/aromatic N) is 2. The molecule has 0 amide bonds. The Labute approximate surface area is 116 Å². The number of carbonyl (C=O) groups is 1. The first kappa shape index (κ1) is 15.4. The molecule has 1 rings (SSSR count). The molecule has 18 heavy (non-hydrogen) atoms. The summed E-state index contributed by atoms with van der Waals surface area (Å²) in [6, 6.07) is 0. The minimum Gasteiger partial charge on any atom is -0.468 e. The predicted octanol–water partition coefficient (Wildman–Crippen LogP) is 1.95. The average Bonchev–Trinajstić information content (AvgIpc) is 2.80. The molecule has 1 N–H and O–H groups in total. The lowest BCUT2D eigenvalue weighted by molar-refractivity contribution is -0.148. The number of esters is 1. The molecule has 0 radical (unpaired) electrons. The molecule has 5 nitrogen and oxygen atoms in total. The number of aromatic nitrogens is 2. The van der Waals surface area contributed by atoms with Crippen LogP contribution in [0.4, 0.5) is 0 Å². The fourth-order valence-corrected chi connectivity index (χ4v) is 3.82. The highest BCUT2D eigenvalue weighted by Crippen LogP contribution is 2.29. The number of carbonyl (C=O) groups excluding carboxylic acids is 1. The molecular formula is C11H19N3O2S2. The highest BCUT2D eigenvalue weighted by Gasteiger charge is 2.35. The van der Waals surface area contributed by atoms with Gasteiger partial charge in [0, 0.05) is 5.25 Å². The summed E-state index contributed by atoms with van der Waals surface area (Å²) >= 11 is 3.14. The first-order chi connectivity index (χ1) is 8.51. The molecule has 0 aromatic carbocycles. The topological polar surface area (TPSA) is 64.1 Å². The molecule has 1 heterocycles. The predicted molar refractivity (Wildman–Crippen MR) is 73.9 cm³/mol. The molecule has 2 atom stereocenters. The molecule has 102 valence electrons. The lowest BCUT2D eigenvalue weighted by Crippen LogP contribution is -2.51. The zero-order valence-electron chi connectivity index (χ0n) is 11.1. The van der Waals surface area contributed by atoms with Crippen molar-refractivity contribution >= 4 is 29.1 Å². The molecule has 0 fully saturated rings. The molecule has 7 heteroatoms. The van der Waals surface area contributed by atoms with E-state index in [0.717, 1.165) is 10.9 Å². The van der Waals surface area contributed by atoms with E-state index in [4.69, 9.17) is 4.74 Å². The molecular weight excluding hydrogens is 270 g/mol. The summed E-state index contributed by atoms with van der Waals surface area (Å²) in [6.45, 7) is 6.65. The van der Waals surface area contributed by atoms with Crippen molar-refractivity contribution in [3.63, 3.8) is 0 Å². The average molecular weight is 289 g/mol. The fraction of sp³-hybridized carbons (Fsp3) is 0.727. The number of rotatable bonds is 7. The van der Waals surface area contributed by atoms with E-state index in [1.807, 2.05) is 13.8 Å². The van der Waals surface area contributed by atoms with Crippen LogP contribution in [0.5, 0.6) is 0 Å². The van der Waals surface area contributed by atoms with E-state index in [1.54, 1.807) is 17.3 Å². The van der Waals surface area contributed by atoms with Gasteiger partial charge in [0.15, 0.2) is 4.34 Å². The Kier molecular flexibility index (Phi) is 6.04. The van der Waals surface area contributed by atoms with Gasteiger partial charge < -0.3 is 10.1 Å². The summed E-state index contributed by atoms with van der Waals surface area (Å²) in [7, 11) is 1.42. The maximum atomic E-state index is 11.8. The monoisotopic (exact) mass is 289 g/mol. The maximum Gasteiger partial charge on any atom is 0.325 e. The lowest BCUT2D eigenvalue weighted by Gasteiger charge is -2.29. The zero-order chi connectivity index (χ0) is 13.6. The molecule has 0 aliphatic carbocycles. The SMILES string of the molecule is CCNC(C)(CC(C)Sc1nncs1)C(=O)OC. The first-order valence-electron chi connectivity index (χ1n) is 5.78. The fourth-order valence-electron chi connectivity index (χ4n) is 1.85. The van der Waals surface area contributed by atoms with Crippen LogP contribution < -0.4 is 5.32 Å². The molecule has 0 aliphatic heterocycles. The van der Waals surface area contributed by atoms with Gasteiger partial charge in [0.1, 0.15) is 11.0 Å². The van der Waals surface area contributed by atoms with Crippen LogP contribution in [0.25, 0.3) is 0 Å². The van der Waals surface area contributed by atoms with Crippen molar-refractivity contribution in [1.82, 2.24) is 15.5 Å². The molecule has 0 saturated carbocycles. The number of hydrogen-bond donors (Lipinski definition) is 1. The smallest absolute Gasteiger partial charge is 0.325 e. The van der Waals surface area contributed by atoms with Gasteiger partial charge in [0.2, 0.25) is 0 Å². The maximum absolute atomic E-state index is 11.8. The third-order valence-corrected chi connectivity index (χ3v) is 4.45. The van der Waals surface area contributed by atoms with Gasteiger partial charge in [-0.15, -0.1) is 10.2 Å². The Bertz CT molecular complexity index is 372. The van der Waals surface area contributed by atoms with Crippen LogP contribution in [0, 0.1) is 0 Å². The molecule has 1 aromatic heterocycles. The van der Waals surface area contributed by atoms with E-state index in [0.29, 0.717) is 6.42 Å². The quantitative estimate of drug-likeness (QED) is 0.611. The highest BCUT2D eigenvalue weighted by molar-refractivity contribution is 8.01. The molecule has 2 unspecified atom stereocenters. The van der Waals surface area contributed by atoms with Crippen molar-refractivity contribution in [1.29, 1.82) is 0 Å². The van der Waals surface area contributed by atoms with E-state index < -0.39 is 5.54 Å². The summed E-state index contributed by atoms with van der Waals surface area (Å²) in [5.41, 5.74) is 1.06. The van der Waals surface area contributed by atoms with Crippen LogP contribution in [0.1, 0.15) is 27.2 Å². The zero-order valence-corrected chi connectivity index (χ0v) is 12.7. The van der Waals surface area contributed by atoms with Crippen LogP contribution in [0.3, 0.4) is 0 Å². The lowest BCUT2D eigenvalue weighted by atomic mass is 9.96. The molecule has 1 aromatic rings. The summed E-state index contributed by atoms with van der Waals surface area (Å²) < 4.78 is 5.79. The summed E-state index contributed by atoms with van der Waals surface area (Å²) in [5.74, 6) is -0.228. The summed E-state index contributed by atoms with van der Waals surface area (Å²) in [5, 5.41) is 11.2. The van der Waals surface area contributed by atoms with Crippen LogP contribution >= 0.6 is 23.1 Å². The van der Waals surface area contributed by atoms with Crippen molar-refractivity contribution in [2.75, 3.05) is 13.7 Å². The number of methoxy groups -OCH3 is 1. The first-order valence-corrected chi connectivity index (χ1v) is 7.54. The van der Waals surface area contributed by atoms with Crippen LogP contribution in [0.15, 0.2) is 9.85 Å². The third-order valence-electron chi connectivity index (χ3n) is 2.54. The van der Waals surface area contributed by atoms with Gasteiger partial charge >= 0.3 is 5.97 Å². The van der Waals surface area contributed by atoms with Gasteiger partial charge in [-0.25, -0.2) is 0 Å². The van der Waals surface area contributed by atoms with Crippen molar-refractivity contribution < 1.29 is 9.53 Å². The van der Waals surface area contributed by atoms with Crippen molar-refractivity contribution in [3.05, 3.63) is 5.51 Å². The van der Waals surface area contributed by atoms with E-state index in [9.17, 15) is 4.79 Å². The summed E-state index contributed by atoms with van der Waals surface area (Å²) in [6.07, 6.45) is 0.678. The minimum absolute atomic E-state index is 0.228. The number of thioether (sulfide) groups is 1. The second-order valence-electron chi connectivity index (χ2n) is 4.19. The second kappa shape index (κ2) is 7.06. The Balaban J connectivity index is 2.62. The largest absolute Gasteiger partial charge is 0.468 e. The molecule has 0 aliphatic rings. The van der Waals surface area contributed by atoms with Gasteiger partial charge in [-0.05, 0) is 19.9 Å². The Morgan fingerprint density at radius 2 is 2.44 bits per heavy atom. The number of likely N-dealkylation sites (N-methyl/N-ethyl adjacent to an activating group) is 1. The summed E-state index contributed by atoms with van der Waals surface area (Å²) in [4.78, 5) is 11.8. The Morgan fingerprint density at radius 3 is 2.94 bits per heavy atom. The highest BCUT2D eigenvalue weighted by atomic mass is 32.2. The minimum atomic E-state index is -0.652. The van der Waals surface area contributed by atoms with Gasteiger partial charge in [-0.1, -0.05) is 36.9 Å².